The van der Waals surface area contributed by atoms with Crippen LogP contribution in [-0.2, 0) is 22.4 Å². The number of rotatable bonds is 3. The van der Waals surface area contributed by atoms with Crippen molar-refractivity contribution >= 4 is 33.8 Å². The summed E-state index contributed by atoms with van der Waals surface area (Å²) in [4.78, 5) is 28.2. The maximum atomic E-state index is 12.9. The van der Waals surface area contributed by atoms with Crippen molar-refractivity contribution in [1.29, 1.82) is 5.26 Å². The maximum Gasteiger partial charge on any atom is 0.231 e. The molecule has 3 heterocycles. The van der Waals surface area contributed by atoms with Crippen LogP contribution < -0.4 is 19.7 Å². The molecule has 1 N–H and O–H groups in total. The number of nitrogens with zero attached hydrogens (tertiary/aromatic N) is 2. The van der Waals surface area contributed by atoms with Crippen molar-refractivity contribution < 1.29 is 19.1 Å². The van der Waals surface area contributed by atoms with E-state index in [1.807, 2.05) is 0 Å². The van der Waals surface area contributed by atoms with E-state index >= 15 is 0 Å². The number of nitrogens with one attached hydrogen (secondary N) is 1. The Kier molecular flexibility index (Phi) is 4.40. The molecule has 1 atom stereocenters. The van der Waals surface area contributed by atoms with Crippen molar-refractivity contribution in [1.82, 2.24) is 0 Å². The Morgan fingerprint density at radius 3 is 2.93 bits per heavy atom. The monoisotopic (exact) mass is 409 g/mol. The van der Waals surface area contributed by atoms with E-state index in [9.17, 15) is 14.9 Å². The number of hydrogen-bond donors (Lipinski definition) is 1. The van der Waals surface area contributed by atoms with E-state index in [0.717, 1.165) is 31.2 Å². The Hall–Kier alpha value is -3.05. The van der Waals surface area contributed by atoms with Crippen LogP contribution in [0.2, 0.25) is 0 Å². The van der Waals surface area contributed by atoms with E-state index in [1.165, 1.54) is 16.2 Å². The molecule has 1 aromatic carbocycles. The fourth-order valence-electron chi connectivity index (χ4n) is 4.17. The molecule has 0 saturated carbocycles. The Labute approximate surface area is 171 Å². The molecule has 5 rings (SSSR count). The lowest BCUT2D eigenvalue weighted by Gasteiger charge is -2.17. The van der Waals surface area contributed by atoms with Gasteiger partial charge in [-0.1, -0.05) is 0 Å². The molecule has 2 aliphatic heterocycles. The molecule has 0 spiro atoms. The number of hydrogen-bond acceptors (Lipinski definition) is 6. The molecular weight excluding hydrogens is 390 g/mol. The fourth-order valence-corrected chi connectivity index (χ4v) is 5.41. The van der Waals surface area contributed by atoms with Crippen LogP contribution >= 0.6 is 11.3 Å². The zero-order valence-corrected chi connectivity index (χ0v) is 16.5. The van der Waals surface area contributed by atoms with Crippen LogP contribution in [0.25, 0.3) is 0 Å². The molecule has 3 aliphatic rings. The van der Waals surface area contributed by atoms with E-state index in [-0.39, 0.29) is 25.0 Å². The van der Waals surface area contributed by atoms with Crippen molar-refractivity contribution in [2.24, 2.45) is 5.92 Å². The summed E-state index contributed by atoms with van der Waals surface area (Å²) < 4.78 is 10.7. The van der Waals surface area contributed by atoms with Crippen LogP contribution in [0.1, 0.15) is 35.3 Å². The maximum absolute atomic E-state index is 12.9. The zero-order chi connectivity index (χ0) is 20.0. The third kappa shape index (κ3) is 3.12. The van der Waals surface area contributed by atoms with Crippen molar-refractivity contribution in [3.8, 4) is 17.6 Å². The Bertz CT molecular complexity index is 1050. The first kappa shape index (κ1) is 18.0. The standard InChI is InChI=1S/C21H19N3O4S/c22-9-15-14-3-1-2-4-18(14)29-21(15)23-20(26)12-7-19(25)24(10-12)13-5-6-16-17(8-13)28-11-27-16/h5-6,8,12H,1-4,7,10-11H2,(H,23,26). The van der Waals surface area contributed by atoms with Gasteiger partial charge in [-0.3, -0.25) is 9.59 Å². The molecule has 29 heavy (non-hydrogen) atoms. The lowest BCUT2D eigenvalue weighted by Crippen LogP contribution is -2.28. The summed E-state index contributed by atoms with van der Waals surface area (Å²) in [6, 6.07) is 7.59. The van der Waals surface area contributed by atoms with Gasteiger partial charge in [0.15, 0.2) is 11.5 Å². The second-order valence-electron chi connectivity index (χ2n) is 7.46. The van der Waals surface area contributed by atoms with E-state index in [0.29, 0.717) is 34.3 Å². The minimum atomic E-state index is -0.460. The lowest BCUT2D eigenvalue weighted by molar-refractivity contribution is -0.122. The molecule has 0 radical (unpaired) electrons. The van der Waals surface area contributed by atoms with Crippen LogP contribution in [0.3, 0.4) is 0 Å². The smallest absolute Gasteiger partial charge is 0.231 e. The molecule has 1 saturated heterocycles. The van der Waals surface area contributed by atoms with Gasteiger partial charge in [0.2, 0.25) is 18.6 Å². The fraction of sp³-hybridized carbons (Fsp3) is 0.381. The molecule has 1 unspecified atom stereocenters. The Morgan fingerprint density at radius 2 is 2.07 bits per heavy atom. The van der Waals surface area contributed by atoms with Gasteiger partial charge in [-0.2, -0.15) is 5.26 Å². The molecule has 148 valence electrons. The topological polar surface area (TPSA) is 91.7 Å². The number of nitriles is 1. The van der Waals surface area contributed by atoms with Crippen molar-refractivity contribution in [2.75, 3.05) is 23.6 Å². The highest BCUT2D eigenvalue weighted by Gasteiger charge is 2.36. The van der Waals surface area contributed by atoms with Crippen molar-refractivity contribution in [3.05, 3.63) is 34.2 Å². The number of fused-ring (bicyclic) bond motifs is 2. The molecule has 0 bridgehead atoms. The predicted octanol–water partition coefficient (Wildman–Crippen LogP) is 3.22. The predicted molar refractivity (Wildman–Crippen MR) is 107 cm³/mol. The highest BCUT2D eigenvalue weighted by Crippen LogP contribution is 2.39. The number of aryl methyl sites for hydroxylation is 1. The molecule has 2 amide bonds. The van der Waals surface area contributed by atoms with Crippen LogP contribution in [0.5, 0.6) is 11.5 Å². The van der Waals surface area contributed by atoms with Crippen LogP contribution in [-0.4, -0.2) is 25.2 Å². The number of carbonyl (C=O) groups is 2. The number of carbonyl (C=O) groups excluding carboxylic acids is 2. The highest BCUT2D eigenvalue weighted by molar-refractivity contribution is 7.16. The Morgan fingerprint density at radius 1 is 1.24 bits per heavy atom. The van der Waals surface area contributed by atoms with Gasteiger partial charge < -0.3 is 19.7 Å². The highest BCUT2D eigenvalue weighted by atomic mass is 32.1. The number of benzene rings is 1. The summed E-state index contributed by atoms with van der Waals surface area (Å²) >= 11 is 1.50. The van der Waals surface area contributed by atoms with Gasteiger partial charge in [0.25, 0.3) is 0 Å². The number of anilines is 2. The van der Waals surface area contributed by atoms with Crippen LogP contribution in [0.15, 0.2) is 18.2 Å². The summed E-state index contributed by atoms with van der Waals surface area (Å²) in [5, 5.41) is 13.1. The van der Waals surface area contributed by atoms with Gasteiger partial charge in [-0.05, 0) is 43.4 Å². The third-order valence-corrected chi connectivity index (χ3v) is 6.89. The van der Waals surface area contributed by atoms with E-state index in [1.54, 1.807) is 23.1 Å². The second-order valence-corrected chi connectivity index (χ2v) is 8.56. The SMILES string of the molecule is N#Cc1c(NC(=O)C2CC(=O)N(c3ccc4c(c3)OCO4)C2)sc2c1CCCC2. The second kappa shape index (κ2) is 7.08. The minimum absolute atomic E-state index is 0.102. The number of amides is 2. The summed E-state index contributed by atoms with van der Waals surface area (Å²) in [5.41, 5.74) is 2.37. The van der Waals surface area contributed by atoms with Crippen molar-refractivity contribution in [3.63, 3.8) is 0 Å². The summed E-state index contributed by atoms with van der Waals surface area (Å²) in [5.74, 6) is 0.483. The molecule has 1 fully saturated rings. The Balaban J connectivity index is 1.32. The van der Waals surface area contributed by atoms with Crippen molar-refractivity contribution in [2.45, 2.75) is 32.1 Å². The third-order valence-electron chi connectivity index (χ3n) is 5.68. The van der Waals surface area contributed by atoms with Gasteiger partial charge in [0, 0.05) is 29.6 Å². The van der Waals surface area contributed by atoms with E-state index in [2.05, 4.69) is 11.4 Å². The van der Waals surface area contributed by atoms with E-state index < -0.39 is 5.92 Å². The lowest BCUT2D eigenvalue weighted by atomic mass is 9.96. The van der Waals surface area contributed by atoms with E-state index in [4.69, 9.17) is 9.47 Å². The summed E-state index contributed by atoms with van der Waals surface area (Å²) in [6.45, 7) is 0.473. The molecule has 8 heteroatoms. The minimum Gasteiger partial charge on any atom is -0.454 e. The first-order valence-electron chi connectivity index (χ1n) is 9.69. The first-order chi connectivity index (χ1) is 14.1. The molecule has 1 aliphatic carbocycles. The number of ether oxygens (including phenoxy) is 2. The summed E-state index contributed by atoms with van der Waals surface area (Å²) in [6.07, 6.45) is 4.20. The largest absolute Gasteiger partial charge is 0.454 e. The normalized spacial score (nSPS) is 19.8. The summed E-state index contributed by atoms with van der Waals surface area (Å²) in [7, 11) is 0. The van der Waals surface area contributed by atoms with Gasteiger partial charge >= 0.3 is 0 Å². The van der Waals surface area contributed by atoms with Gasteiger partial charge in [0.1, 0.15) is 11.1 Å². The van der Waals surface area contributed by atoms with Gasteiger partial charge in [0.05, 0.1) is 11.5 Å². The van der Waals surface area contributed by atoms with Crippen LogP contribution in [0.4, 0.5) is 10.7 Å². The number of thiophene rings is 1. The zero-order valence-electron chi connectivity index (χ0n) is 15.7. The quantitative estimate of drug-likeness (QED) is 0.840. The average Bonchev–Trinajstić information content (AvgIpc) is 3.43. The molecule has 7 nitrogen and oxygen atoms in total. The van der Waals surface area contributed by atoms with Crippen LogP contribution in [0, 0.1) is 17.2 Å². The first-order valence-corrected chi connectivity index (χ1v) is 10.5. The average molecular weight is 409 g/mol. The molecular formula is C21H19N3O4S. The van der Waals surface area contributed by atoms with Gasteiger partial charge in [-0.15, -0.1) is 11.3 Å². The molecule has 2 aromatic rings. The molecule has 1 aromatic heterocycles. The van der Waals surface area contributed by atoms with Gasteiger partial charge in [-0.25, -0.2) is 0 Å².